The van der Waals surface area contributed by atoms with E-state index in [0.717, 1.165) is 6.42 Å². The van der Waals surface area contributed by atoms with Gasteiger partial charge in [-0.2, -0.15) is 0 Å². The Bertz CT molecular complexity index is 87.0. The zero-order valence-corrected chi connectivity index (χ0v) is 10.9. The van der Waals surface area contributed by atoms with Crippen LogP contribution in [0.15, 0.2) is 0 Å². The second-order valence-corrected chi connectivity index (χ2v) is 2.68. The van der Waals surface area contributed by atoms with Crippen molar-refractivity contribution in [2.75, 3.05) is 0 Å². The fourth-order valence-electron chi connectivity index (χ4n) is 0.255. The van der Waals surface area contributed by atoms with Crippen molar-refractivity contribution in [3.8, 4) is 0 Å². The van der Waals surface area contributed by atoms with E-state index in [1.165, 1.54) is 0 Å². The van der Waals surface area contributed by atoms with Crippen molar-refractivity contribution >= 4 is 80.6 Å². The fourth-order valence-corrected chi connectivity index (χ4v) is 0.600. The van der Waals surface area contributed by atoms with Crippen molar-refractivity contribution in [3.05, 3.63) is 0 Å². The smallest absolute Gasteiger partial charge is 0.217 e. The second kappa shape index (κ2) is 7.98. The first-order chi connectivity index (χ1) is 3.66. The molecule has 0 saturated heterocycles. The average molecular weight is 189 g/mol. The van der Waals surface area contributed by atoms with Gasteiger partial charge in [0, 0.05) is 51.4 Å². The third kappa shape index (κ3) is 9.88. The molecule has 1 unspecified atom stereocenters. The van der Waals surface area contributed by atoms with Gasteiger partial charge in [0.05, 0.1) is 6.10 Å². The van der Waals surface area contributed by atoms with E-state index in [4.69, 9.17) is 4.74 Å². The standard InChI is InChI=1S/C5H10OS2.K/c1-3-4(2)6-5(7)8;/h4H,3H2,1-2H3,(H,7,8);. The van der Waals surface area contributed by atoms with Gasteiger partial charge in [-0.1, -0.05) is 19.6 Å². The van der Waals surface area contributed by atoms with Gasteiger partial charge < -0.3 is 4.74 Å². The van der Waals surface area contributed by atoms with Crippen LogP contribution in [0.1, 0.15) is 20.3 Å². The molecule has 4 heteroatoms. The van der Waals surface area contributed by atoms with Gasteiger partial charge in [0.1, 0.15) is 0 Å². The minimum atomic E-state index is 0. The number of hydrogen-bond donors (Lipinski definition) is 1. The molecule has 1 radical (unpaired) electrons. The molecule has 0 aliphatic carbocycles. The first kappa shape index (κ1) is 13.5. The molecule has 0 bridgehead atoms. The van der Waals surface area contributed by atoms with E-state index in [0.29, 0.717) is 4.38 Å². The number of thiocarbonyl (C=S) groups is 1. The molecule has 0 saturated carbocycles. The van der Waals surface area contributed by atoms with E-state index in [-0.39, 0.29) is 57.5 Å². The Hall–Kier alpha value is 1.88. The maximum atomic E-state index is 4.99. The molecule has 1 nitrogen and oxygen atoms in total. The SMILES string of the molecule is CCC(C)OC(=S)S.[K]. The van der Waals surface area contributed by atoms with Gasteiger partial charge in [0.25, 0.3) is 0 Å². The Morgan fingerprint density at radius 1 is 1.78 bits per heavy atom. The van der Waals surface area contributed by atoms with E-state index in [2.05, 4.69) is 24.8 Å². The quantitative estimate of drug-likeness (QED) is 0.402. The molecule has 0 aliphatic rings. The van der Waals surface area contributed by atoms with Gasteiger partial charge in [0.2, 0.25) is 4.38 Å². The molecule has 1 atom stereocenters. The van der Waals surface area contributed by atoms with E-state index in [1.54, 1.807) is 0 Å². The summed E-state index contributed by atoms with van der Waals surface area (Å²) in [6.07, 6.45) is 1.18. The summed E-state index contributed by atoms with van der Waals surface area (Å²) in [6.45, 7) is 4.00. The van der Waals surface area contributed by atoms with Crippen LogP contribution < -0.4 is 0 Å². The van der Waals surface area contributed by atoms with Crippen molar-refractivity contribution in [2.24, 2.45) is 0 Å². The third-order valence-electron chi connectivity index (χ3n) is 0.877. The van der Waals surface area contributed by atoms with Crippen LogP contribution in [-0.4, -0.2) is 61.9 Å². The van der Waals surface area contributed by atoms with Crippen molar-refractivity contribution in [3.63, 3.8) is 0 Å². The molecule has 9 heavy (non-hydrogen) atoms. The Morgan fingerprint density at radius 3 is 2.33 bits per heavy atom. The Kier molecular flexibility index (Phi) is 11.9. The molecule has 0 amide bonds. The number of hydrogen-bond acceptors (Lipinski definition) is 2. The first-order valence-corrected chi connectivity index (χ1v) is 3.42. The van der Waals surface area contributed by atoms with Crippen LogP contribution in [0, 0.1) is 0 Å². The van der Waals surface area contributed by atoms with E-state index >= 15 is 0 Å². The normalized spacial score (nSPS) is 11.4. The van der Waals surface area contributed by atoms with E-state index in [1.807, 2.05) is 13.8 Å². The second-order valence-electron chi connectivity index (χ2n) is 1.60. The minimum Gasteiger partial charge on any atom is -0.476 e. The maximum absolute atomic E-state index is 4.99. The fraction of sp³-hybridized carbons (Fsp3) is 0.800. The maximum Gasteiger partial charge on any atom is 0.217 e. The van der Waals surface area contributed by atoms with Crippen LogP contribution >= 0.6 is 24.8 Å². The van der Waals surface area contributed by atoms with Crippen molar-refractivity contribution in [1.29, 1.82) is 0 Å². The topological polar surface area (TPSA) is 9.23 Å². The van der Waals surface area contributed by atoms with E-state index in [9.17, 15) is 0 Å². The Morgan fingerprint density at radius 2 is 2.22 bits per heavy atom. The predicted molar refractivity (Wildman–Crippen MR) is 48.2 cm³/mol. The monoisotopic (exact) mass is 189 g/mol. The largest absolute Gasteiger partial charge is 0.476 e. The molecule has 0 spiro atoms. The van der Waals surface area contributed by atoms with E-state index < -0.39 is 0 Å². The summed E-state index contributed by atoms with van der Waals surface area (Å²) in [5.41, 5.74) is 0. The molecule has 0 rings (SSSR count). The summed E-state index contributed by atoms with van der Waals surface area (Å²) in [7, 11) is 0. The Labute approximate surface area is 110 Å². The van der Waals surface area contributed by atoms with Crippen molar-refractivity contribution in [2.45, 2.75) is 26.4 Å². The van der Waals surface area contributed by atoms with Crippen LogP contribution in [0.25, 0.3) is 0 Å². The summed E-state index contributed by atoms with van der Waals surface area (Å²) in [5, 5.41) is 0. The Balaban J connectivity index is 0. The molecule has 0 fully saturated rings. The van der Waals surface area contributed by atoms with Crippen molar-refractivity contribution in [1.82, 2.24) is 0 Å². The molecular weight excluding hydrogens is 179 g/mol. The van der Waals surface area contributed by atoms with Gasteiger partial charge >= 0.3 is 0 Å². The van der Waals surface area contributed by atoms with Crippen molar-refractivity contribution < 1.29 is 4.74 Å². The molecule has 0 aromatic carbocycles. The molecule has 49 valence electrons. The predicted octanol–water partition coefficient (Wildman–Crippen LogP) is 1.64. The minimum absolute atomic E-state index is 0. The first-order valence-electron chi connectivity index (χ1n) is 2.56. The van der Waals surface area contributed by atoms with Crippen LogP contribution in [0.3, 0.4) is 0 Å². The molecule has 0 heterocycles. The number of ether oxygens (including phenoxy) is 1. The number of thiol groups is 1. The summed E-state index contributed by atoms with van der Waals surface area (Å²) in [4.78, 5) is 0. The van der Waals surface area contributed by atoms with Gasteiger partial charge in [-0.25, -0.2) is 0 Å². The van der Waals surface area contributed by atoms with Gasteiger partial charge in [-0.05, 0) is 25.6 Å². The summed E-state index contributed by atoms with van der Waals surface area (Å²) < 4.78 is 5.33. The zero-order chi connectivity index (χ0) is 6.57. The van der Waals surface area contributed by atoms with Gasteiger partial charge in [-0.15, -0.1) is 0 Å². The molecular formula is C5H10KOS2. The molecule has 0 N–H and O–H groups in total. The molecule has 0 aromatic rings. The number of rotatable bonds is 2. The summed E-state index contributed by atoms with van der Waals surface area (Å²) in [6, 6.07) is 0. The van der Waals surface area contributed by atoms with Crippen LogP contribution in [0.2, 0.25) is 0 Å². The van der Waals surface area contributed by atoms with Crippen LogP contribution in [0.4, 0.5) is 0 Å². The average Bonchev–Trinajstić information content (AvgIpc) is 1.65. The van der Waals surface area contributed by atoms with Crippen LogP contribution in [0.5, 0.6) is 0 Å². The summed E-state index contributed by atoms with van der Waals surface area (Å²) in [5.74, 6) is 0. The zero-order valence-electron chi connectivity index (χ0n) is 6.05. The van der Waals surface area contributed by atoms with Gasteiger partial charge in [-0.3, -0.25) is 0 Å². The summed E-state index contributed by atoms with van der Waals surface area (Å²) >= 11 is 8.38. The molecule has 0 aliphatic heterocycles. The third-order valence-corrected chi connectivity index (χ3v) is 1.08. The van der Waals surface area contributed by atoms with Gasteiger partial charge in [0.15, 0.2) is 0 Å². The molecule has 0 aromatic heterocycles. The van der Waals surface area contributed by atoms with Crippen LogP contribution in [-0.2, 0) is 4.74 Å².